The number of hydrogen-bond donors (Lipinski definition) is 1. The van der Waals surface area contributed by atoms with Crippen molar-refractivity contribution in [1.82, 2.24) is 9.97 Å². The minimum absolute atomic E-state index is 0.183. The summed E-state index contributed by atoms with van der Waals surface area (Å²) < 4.78 is 0. The van der Waals surface area contributed by atoms with Crippen molar-refractivity contribution in [1.29, 1.82) is 0 Å². The molecule has 0 atom stereocenters. The number of aromatic nitrogens is 2. The van der Waals surface area contributed by atoms with Crippen molar-refractivity contribution in [3.63, 3.8) is 0 Å². The highest BCUT2D eigenvalue weighted by atomic mass is 32.1. The number of thiazole rings is 1. The lowest BCUT2D eigenvalue weighted by molar-refractivity contribution is 0.102. The summed E-state index contributed by atoms with van der Waals surface area (Å²) in [6.07, 6.45) is 3.47. The third kappa shape index (κ3) is 3.36. The molecular formula is C19H19N3OS. The van der Waals surface area contributed by atoms with Gasteiger partial charge in [0.1, 0.15) is 10.7 Å². The van der Waals surface area contributed by atoms with Gasteiger partial charge in [0, 0.05) is 29.0 Å². The topological polar surface area (TPSA) is 54.9 Å². The van der Waals surface area contributed by atoms with Gasteiger partial charge in [-0.15, -0.1) is 11.3 Å². The molecule has 5 heteroatoms. The van der Waals surface area contributed by atoms with E-state index in [4.69, 9.17) is 0 Å². The second-order valence-corrected chi connectivity index (χ2v) is 6.79. The molecule has 3 aromatic rings. The number of benzene rings is 1. The number of nitrogens with zero attached hydrogens (tertiary/aromatic N) is 2. The molecule has 0 spiro atoms. The van der Waals surface area contributed by atoms with Crippen LogP contribution in [0.2, 0.25) is 0 Å². The molecule has 0 unspecified atom stereocenters. The molecule has 1 N–H and O–H groups in total. The van der Waals surface area contributed by atoms with E-state index in [9.17, 15) is 4.79 Å². The normalized spacial score (nSPS) is 10.8. The SMILES string of the molecule is Cc1cccc(C(C)C)c1NC(=O)c1csc(-c2cccnc2)n1. The summed E-state index contributed by atoms with van der Waals surface area (Å²) >= 11 is 1.44. The first-order chi connectivity index (χ1) is 11.6. The van der Waals surface area contributed by atoms with E-state index >= 15 is 0 Å². The minimum atomic E-state index is -0.183. The van der Waals surface area contributed by atoms with Crippen LogP contribution in [0.3, 0.4) is 0 Å². The quantitative estimate of drug-likeness (QED) is 0.737. The zero-order valence-corrected chi connectivity index (χ0v) is 14.7. The molecule has 0 radical (unpaired) electrons. The maximum Gasteiger partial charge on any atom is 0.275 e. The monoisotopic (exact) mass is 337 g/mol. The van der Waals surface area contributed by atoms with E-state index in [1.165, 1.54) is 11.3 Å². The minimum Gasteiger partial charge on any atom is -0.320 e. The van der Waals surface area contributed by atoms with Gasteiger partial charge in [-0.05, 0) is 36.1 Å². The average molecular weight is 337 g/mol. The van der Waals surface area contributed by atoms with Gasteiger partial charge < -0.3 is 5.32 Å². The predicted molar refractivity (Wildman–Crippen MR) is 98.6 cm³/mol. The van der Waals surface area contributed by atoms with Crippen LogP contribution < -0.4 is 5.32 Å². The fourth-order valence-electron chi connectivity index (χ4n) is 2.52. The van der Waals surface area contributed by atoms with E-state index in [1.54, 1.807) is 17.8 Å². The zero-order valence-electron chi connectivity index (χ0n) is 13.9. The van der Waals surface area contributed by atoms with Crippen molar-refractivity contribution in [2.45, 2.75) is 26.7 Å². The Kier molecular flexibility index (Phi) is 4.71. The molecule has 1 aromatic carbocycles. The molecule has 0 saturated carbocycles. The maximum absolute atomic E-state index is 12.6. The molecule has 0 bridgehead atoms. The summed E-state index contributed by atoms with van der Waals surface area (Å²) in [6, 6.07) is 9.87. The number of aryl methyl sites for hydroxylation is 1. The van der Waals surface area contributed by atoms with Crippen LogP contribution in [0.15, 0.2) is 48.1 Å². The van der Waals surface area contributed by atoms with E-state index in [-0.39, 0.29) is 5.91 Å². The van der Waals surface area contributed by atoms with Crippen molar-refractivity contribution >= 4 is 22.9 Å². The Hall–Kier alpha value is -2.53. The summed E-state index contributed by atoms with van der Waals surface area (Å²) in [5.74, 6) is 0.152. The highest BCUT2D eigenvalue weighted by Crippen LogP contribution is 2.28. The number of hydrogen-bond acceptors (Lipinski definition) is 4. The molecule has 0 aliphatic heterocycles. The second-order valence-electron chi connectivity index (χ2n) is 5.93. The number of para-hydroxylation sites is 1. The molecule has 4 nitrogen and oxygen atoms in total. The molecule has 24 heavy (non-hydrogen) atoms. The molecule has 2 heterocycles. The van der Waals surface area contributed by atoms with Gasteiger partial charge in [0.15, 0.2) is 0 Å². The molecule has 1 amide bonds. The fraction of sp³-hybridized carbons (Fsp3) is 0.211. The van der Waals surface area contributed by atoms with Gasteiger partial charge in [-0.25, -0.2) is 4.98 Å². The summed E-state index contributed by atoms with van der Waals surface area (Å²) in [5.41, 5.74) is 4.41. The number of amides is 1. The largest absolute Gasteiger partial charge is 0.320 e. The summed E-state index contributed by atoms with van der Waals surface area (Å²) in [6.45, 7) is 6.24. The van der Waals surface area contributed by atoms with Crippen LogP contribution in [0.4, 0.5) is 5.69 Å². The summed E-state index contributed by atoms with van der Waals surface area (Å²) in [5, 5.41) is 5.61. The summed E-state index contributed by atoms with van der Waals surface area (Å²) in [7, 11) is 0. The molecule has 0 fully saturated rings. The smallest absolute Gasteiger partial charge is 0.275 e. The van der Waals surface area contributed by atoms with Crippen LogP contribution in [0.5, 0.6) is 0 Å². The van der Waals surface area contributed by atoms with E-state index in [0.717, 1.165) is 27.4 Å². The number of anilines is 1. The first-order valence-electron chi connectivity index (χ1n) is 7.83. The second kappa shape index (κ2) is 6.93. The van der Waals surface area contributed by atoms with Gasteiger partial charge >= 0.3 is 0 Å². The molecule has 2 aromatic heterocycles. The van der Waals surface area contributed by atoms with Gasteiger partial charge in [0.2, 0.25) is 0 Å². The highest BCUT2D eigenvalue weighted by Gasteiger charge is 2.16. The Morgan fingerprint density at radius 2 is 2.04 bits per heavy atom. The van der Waals surface area contributed by atoms with Crippen molar-refractivity contribution in [3.8, 4) is 10.6 Å². The van der Waals surface area contributed by atoms with E-state index in [0.29, 0.717) is 11.6 Å². The molecule has 0 aliphatic carbocycles. The van der Waals surface area contributed by atoms with E-state index in [2.05, 4.69) is 35.2 Å². The Bertz CT molecular complexity index is 856. The molecule has 0 aliphatic rings. The molecule has 122 valence electrons. The van der Waals surface area contributed by atoms with Crippen molar-refractivity contribution in [3.05, 3.63) is 64.9 Å². The van der Waals surface area contributed by atoms with Crippen molar-refractivity contribution < 1.29 is 4.79 Å². The van der Waals surface area contributed by atoms with Crippen LogP contribution in [-0.4, -0.2) is 15.9 Å². The predicted octanol–water partition coefficient (Wildman–Crippen LogP) is 4.89. The van der Waals surface area contributed by atoms with Crippen molar-refractivity contribution in [2.75, 3.05) is 5.32 Å². The lowest BCUT2D eigenvalue weighted by atomic mass is 9.98. The Labute approximate surface area is 145 Å². The van der Waals surface area contributed by atoms with Crippen LogP contribution in [0, 0.1) is 6.92 Å². The molecular weight excluding hydrogens is 318 g/mol. The maximum atomic E-state index is 12.6. The van der Waals surface area contributed by atoms with Crippen LogP contribution in [0.25, 0.3) is 10.6 Å². The number of carbonyl (C=O) groups is 1. The van der Waals surface area contributed by atoms with Gasteiger partial charge in [-0.2, -0.15) is 0 Å². The summed E-state index contributed by atoms with van der Waals surface area (Å²) in [4.78, 5) is 21.1. The molecule has 0 saturated heterocycles. The number of nitrogens with one attached hydrogen (secondary N) is 1. The van der Waals surface area contributed by atoms with E-state index in [1.807, 2.05) is 31.2 Å². The zero-order chi connectivity index (χ0) is 17.1. The first kappa shape index (κ1) is 16.3. The Morgan fingerprint density at radius 1 is 1.21 bits per heavy atom. The number of pyridine rings is 1. The third-order valence-electron chi connectivity index (χ3n) is 3.81. The average Bonchev–Trinajstić information content (AvgIpc) is 3.07. The number of rotatable bonds is 4. The van der Waals surface area contributed by atoms with Crippen LogP contribution in [0.1, 0.15) is 41.4 Å². The lowest BCUT2D eigenvalue weighted by Gasteiger charge is -2.15. The Balaban J connectivity index is 1.86. The standard InChI is InChI=1S/C19H19N3OS/c1-12(2)15-8-4-6-13(3)17(15)22-18(23)16-11-24-19(21-16)14-7-5-9-20-10-14/h4-12H,1-3H3,(H,22,23). The highest BCUT2D eigenvalue weighted by molar-refractivity contribution is 7.13. The van der Waals surface area contributed by atoms with E-state index < -0.39 is 0 Å². The van der Waals surface area contributed by atoms with Crippen LogP contribution in [-0.2, 0) is 0 Å². The molecule has 3 rings (SSSR count). The Morgan fingerprint density at radius 3 is 2.75 bits per heavy atom. The lowest BCUT2D eigenvalue weighted by Crippen LogP contribution is -2.15. The number of carbonyl (C=O) groups excluding carboxylic acids is 1. The first-order valence-corrected chi connectivity index (χ1v) is 8.71. The van der Waals surface area contributed by atoms with Gasteiger partial charge in [-0.1, -0.05) is 32.0 Å². The van der Waals surface area contributed by atoms with Gasteiger partial charge in [0.25, 0.3) is 5.91 Å². The van der Waals surface area contributed by atoms with Gasteiger partial charge in [-0.3, -0.25) is 9.78 Å². The third-order valence-corrected chi connectivity index (χ3v) is 4.70. The van der Waals surface area contributed by atoms with Gasteiger partial charge in [0.05, 0.1) is 0 Å². The van der Waals surface area contributed by atoms with Crippen molar-refractivity contribution in [2.24, 2.45) is 0 Å². The van der Waals surface area contributed by atoms with Crippen LogP contribution >= 0.6 is 11.3 Å². The fourth-order valence-corrected chi connectivity index (χ4v) is 3.31.